The van der Waals surface area contributed by atoms with Crippen molar-refractivity contribution in [1.29, 1.82) is 0 Å². The zero-order valence-electron chi connectivity index (χ0n) is 16.6. The van der Waals surface area contributed by atoms with Gasteiger partial charge in [-0.1, -0.05) is 37.3 Å². The molecule has 2 atom stereocenters. The van der Waals surface area contributed by atoms with E-state index in [9.17, 15) is 9.59 Å². The zero-order valence-corrected chi connectivity index (χ0v) is 16.6. The van der Waals surface area contributed by atoms with Crippen molar-refractivity contribution >= 4 is 11.9 Å². The summed E-state index contributed by atoms with van der Waals surface area (Å²) in [5.74, 6) is 0.141. The normalized spacial score (nSPS) is 22.3. The fourth-order valence-corrected chi connectivity index (χ4v) is 3.89. The molecule has 2 aliphatic heterocycles. The van der Waals surface area contributed by atoms with Crippen molar-refractivity contribution in [3.63, 3.8) is 0 Å². The molecule has 7 heteroatoms. The van der Waals surface area contributed by atoms with Crippen LogP contribution in [0.3, 0.4) is 0 Å². The largest absolute Gasteiger partial charge is 0.379 e. The molecule has 7 nitrogen and oxygen atoms in total. The maximum Gasteiger partial charge on any atom is 0.317 e. The molecule has 154 valence electrons. The number of hydrogen-bond acceptors (Lipinski definition) is 4. The molecule has 0 aliphatic carbocycles. The number of amides is 3. The van der Waals surface area contributed by atoms with Crippen LogP contribution in [0.2, 0.25) is 0 Å². The van der Waals surface area contributed by atoms with Gasteiger partial charge in [-0.15, -0.1) is 0 Å². The van der Waals surface area contributed by atoms with Crippen molar-refractivity contribution in [1.82, 2.24) is 15.1 Å². The summed E-state index contributed by atoms with van der Waals surface area (Å²) in [6.07, 6.45) is 1.69. The second kappa shape index (κ2) is 10.4. The molecule has 0 radical (unpaired) electrons. The first kappa shape index (κ1) is 20.6. The van der Waals surface area contributed by atoms with E-state index in [1.165, 1.54) is 0 Å². The van der Waals surface area contributed by atoms with Crippen molar-refractivity contribution in [3.8, 4) is 0 Å². The van der Waals surface area contributed by atoms with Gasteiger partial charge >= 0.3 is 6.03 Å². The number of nitrogens with zero attached hydrogens (tertiary/aromatic N) is 2. The highest BCUT2D eigenvalue weighted by Gasteiger charge is 2.38. The highest BCUT2D eigenvalue weighted by atomic mass is 16.5. The third-order valence-electron chi connectivity index (χ3n) is 5.38. The van der Waals surface area contributed by atoms with Crippen LogP contribution in [0.1, 0.15) is 25.3 Å². The average molecular weight is 389 g/mol. The van der Waals surface area contributed by atoms with Crippen LogP contribution in [0.15, 0.2) is 30.3 Å². The number of hydrogen-bond donors (Lipinski definition) is 1. The van der Waals surface area contributed by atoms with Gasteiger partial charge in [0.1, 0.15) is 6.61 Å². The predicted molar refractivity (Wildman–Crippen MR) is 106 cm³/mol. The second-order valence-electron chi connectivity index (χ2n) is 7.43. The van der Waals surface area contributed by atoms with Gasteiger partial charge in [0.2, 0.25) is 5.91 Å². The van der Waals surface area contributed by atoms with Crippen LogP contribution in [-0.4, -0.2) is 73.8 Å². The highest BCUT2D eigenvalue weighted by molar-refractivity contribution is 5.78. The number of fused-ring (bicyclic) bond motifs is 1. The Kier molecular flexibility index (Phi) is 7.68. The molecule has 3 amide bonds. The number of urea groups is 1. The molecule has 0 unspecified atom stereocenters. The Labute approximate surface area is 167 Å². The van der Waals surface area contributed by atoms with Crippen LogP contribution >= 0.6 is 0 Å². The van der Waals surface area contributed by atoms with Gasteiger partial charge in [-0.3, -0.25) is 4.79 Å². The van der Waals surface area contributed by atoms with E-state index in [-0.39, 0.29) is 30.5 Å². The van der Waals surface area contributed by atoms with Crippen molar-refractivity contribution in [2.24, 2.45) is 5.92 Å². The number of nitrogens with one attached hydrogen (secondary N) is 1. The highest BCUT2D eigenvalue weighted by Crippen LogP contribution is 2.25. The lowest BCUT2D eigenvalue weighted by atomic mass is 9.91. The Hall–Kier alpha value is -2.12. The van der Waals surface area contributed by atoms with Gasteiger partial charge in [0.25, 0.3) is 0 Å². The summed E-state index contributed by atoms with van der Waals surface area (Å²) in [5.41, 5.74) is 1.06. The van der Waals surface area contributed by atoms with Crippen molar-refractivity contribution < 1.29 is 19.1 Å². The summed E-state index contributed by atoms with van der Waals surface area (Å²) in [7, 11) is 0. The van der Waals surface area contributed by atoms with E-state index >= 15 is 0 Å². The van der Waals surface area contributed by atoms with Gasteiger partial charge in [0.05, 0.1) is 19.8 Å². The summed E-state index contributed by atoms with van der Waals surface area (Å²) in [4.78, 5) is 28.8. The maximum absolute atomic E-state index is 12.6. The molecule has 0 aromatic heterocycles. The molecule has 2 heterocycles. The van der Waals surface area contributed by atoms with E-state index < -0.39 is 0 Å². The number of carbonyl (C=O) groups excluding carboxylic acids is 2. The maximum atomic E-state index is 12.6. The Morgan fingerprint density at radius 3 is 2.86 bits per heavy atom. The average Bonchev–Trinajstić information content (AvgIpc) is 2.94. The first-order valence-electron chi connectivity index (χ1n) is 10.2. The van der Waals surface area contributed by atoms with Crippen LogP contribution in [-0.2, 0) is 20.9 Å². The van der Waals surface area contributed by atoms with Gasteiger partial charge in [-0.2, -0.15) is 0 Å². The molecule has 1 N–H and O–H groups in total. The third-order valence-corrected chi connectivity index (χ3v) is 5.38. The SMILES string of the molecule is CCCNC(=O)N1CCOC[C@H]2CN(C(=O)COCc3ccccc3)CC[C@H]21. The van der Waals surface area contributed by atoms with Crippen LogP contribution < -0.4 is 5.32 Å². The summed E-state index contributed by atoms with van der Waals surface area (Å²) in [5, 5.41) is 2.97. The van der Waals surface area contributed by atoms with E-state index in [1.54, 1.807) is 0 Å². The topological polar surface area (TPSA) is 71.1 Å². The molecule has 1 aromatic rings. The lowest BCUT2D eigenvalue weighted by Gasteiger charge is -2.42. The fourth-order valence-electron chi connectivity index (χ4n) is 3.89. The van der Waals surface area contributed by atoms with Gasteiger partial charge < -0.3 is 24.6 Å². The number of benzene rings is 1. The first-order chi connectivity index (χ1) is 13.7. The molecule has 0 saturated carbocycles. The summed E-state index contributed by atoms with van der Waals surface area (Å²) in [6.45, 7) is 6.20. The number of carbonyl (C=O) groups is 2. The quantitative estimate of drug-likeness (QED) is 0.806. The molecule has 2 saturated heterocycles. The van der Waals surface area contributed by atoms with Crippen molar-refractivity contribution in [2.75, 3.05) is 46.0 Å². The van der Waals surface area contributed by atoms with Crippen molar-refractivity contribution in [3.05, 3.63) is 35.9 Å². The minimum atomic E-state index is -0.0201. The molecule has 28 heavy (non-hydrogen) atoms. The molecule has 2 fully saturated rings. The Morgan fingerprint density at radius 1 is 1.25 bits per heavy atom. The van der Waals surface area contributed by atoms with Crippen LogP contribution in [0, 0.1) is 5.92 Å². The van der Waals surface area contributed by atoms with E-state index in [1.807, 2.05) is 47.1 Å². The molecule has 3 rings (SSSR count). The Balaban J connectivity index is 1.51. The minimum absolute atomic E-state index is 0.000567. The lowest BCUT2D eigenvalue weighted by molar-refractivity contribution is -0.139. The first-order valence-corrected chi connectivity index (χ1v) is 10.2. The molecule has 2 aliphatic rings. The van der Waals surface area contributed by atoms with Crippen molar-refractivity contribution in [2.45, 2.75) is 32.4 Å². The zero-order chi connectivity index (χ0) is 19.8. The number of likely N-dealkylation sites (tertiary alicyclic amines) is 1. The molecular weight excluding hydrogens is 358 g/mol. The van der Waals surface area contributed by atoms with Gasteiger partial charge in [-0.25, -0.2) is 4.79 Å². The van der Waals surface area contributed by atoms with E-state index in [0.29, 0.717) is 46.0 Å². The smallest absolute Gasteiger partial charge is 0.317 e. The second-order valence-corrected chi connectivity index (χ2v) is 7.43. The third kappa shape index (κ3) is 5.45. The number of rotatable bonds is 6. The fraction of sp³-hybridized carbons (Fsp3) is 0.619. The van der Waals surface area contributed by atoms with E-state index in [2.05, 4.69) is 5.32 Å². The van der Waals surface area contributed by atoms with Crippen LogP contribution in [0.4, 0.5) is 4.79 Å². The lowest BCUT2D eigenvalue weighted by Crippen LogP contribution is -2.56. The van der Waals surface area contributed by atoms with Gasteiger partial charge in [0.15, 0.2) is 0 Å². The molecule has 0 bridgehead atoms. The molecule has 1 aromatic carbocycles. The Morgan fingerprint density at radius 2 is 2.07 bits per heavy atom. The van der Waals surface area contributed by atoms with E-state index in [4.69, 9.17) is 9.47 Å². The van der Waals surface area contributed by atoms with Crippen LogP contribution in [0.5, 0.6) is 0 Å². The molecule has 0 spiro atoms. The Bertz CT molecular complexity index is 640. The number of ether oxygens (including phenoxy) is 2. The van der Waals surface area contributed by atoms with Gasteiger partial charge in [0, 0.05) is 38.1 Å². The van der Waals surface area contributed by atoms with Gasteiger partial charge in [-0.05, 0) is 18.4 Å². The monoisotopic (exact) mass is 389 g/mol. The van der Waals surface area contributed by atoms with E-state index in [0.717, 1.165) is 18.4 Å². The minimum Gasteiger partial charge on any atom is -0.379 e. The predicted octanol–water partition coefficient (Wildman–Crippen LogP) is 1.87. The van der Waals surface area contributed by atoms with Crippen LogP contribution in [0.25, 0.3) is 0 Å². The summed E-state index contributed by atoms with van der Waals surface area (Å²) in [6, 6.07) is 9.94. The summed E-state index contributed by atoms with van der Waals surface area (Å²) < 4.78 is 11.3. The number of piperidine rings is 1. The standard InChI is InChI=1S/C21H31N3O4/c1-2-9-22-21(26)24-11-12-27-15-18-13-23(10-8-19(18)24)20(25)16-28-14-17-6-4-3-5-7-17/h3-7,18-19H,2,8-16H2,1H3,(H,22,26)/t18-,19-/m1/s1. The molecular formula is C21H31N3O4. The summed E-state index contributed by atoms with van der Waals surface area (Å²) >= 11 is 0.